The van der Waals surface area contributed by atoms with Gasteiger partial charge in [-0.3, -0.25) is 14.9 Å². The van der Waals surface area contributed by atoms with Crippen molar-refractivity contribution >= 4 is 23.1 Å². The van der Waals surface area contributed by atoms with Gasteiger partial charge in [0.1, 0.15) is 6.33 Å². The van der Waals surface area contributed by atoms with Crippen LogP contribution < -0.4 is 0 Å². The van der Waals surface area contributed by atoms with Gasteiger partial charge in [0.05, 0.1) is 0 Å². The molecule has 0 bridgehead atoms. The zero-order valence-electron chi connectivity index (χ0n) is 11.7. The second kappa shape index (κ2) is 6.45. The van der Waals surface area contributed by atoms with Gasteiger partial charge in [0.2, 0.25) is 11.6 Å². The van der Waals surface area contributed by atoms with Crippen molar-refractivity contribution in [2.75, 3.05) is 0 Å². The maximum Gasteiger partial charge on any atom is 0.225 e. The highest BCUT2D eigenvalue weighted by atomic mass is 35.5. The Morgan fingerprint density at radius 2 is 2.17 bits per heavy atom. The molecule has 0 atom stereocenters. The van der Waals surface area contributed by atoms with Crippen LogP contribution in [0.2, 0.25) is 5.22 Å². The highest BCUT2D eigenvalue weighted by molar-refractivity contribution is 6.29. The molecule has 0 fully saturated rings. The van der Waals surface area contributed by atoms with E-state index < -0.39 is 5.78 Å². The molecule has 3 heterocycles. The quantitative estimate of drug-likeness (QED) is 0.423. The van der Waals surface area contributed by atoms with Crippen LogP contribution in [0.25, 0.3) is 5.76 Å². The maximum absolute atomic E-state index is 12.3. The first-order valence-corrected chi connectivity index (χ1v) is 6.99. The Morgan fingerprint density at radius 1 is 1.39 bits per heavy atom. The number of aliphatic hydroxyl groups excluding tert-OH is 1. The Hall–Kier alpha value is -2.93. The third-order valence-corrected chi connectivity index (χ3v) is 3.24. The average molecular weight is 331 g/mol. The van der Waals surface area contributed by atoms with Crippen molar-refractivity contribution in [3.05, 3.63) is 70.9 Å². The monoisotopic (exact) mass is 330 g/mol. The Kier molecular flexibility index (Phi) is 4.20. The van der Waals surface area contributed by atoms with Crippen LogP contribution in [-0.2, 0) is 6.42 Å². The van der Waals surface area contributed by atoms with E-state index in [0.29, 0.717) is 12.0 Å². The lowest BCUT2D eigenvalue weighted by Gasteiger charge is -2.00. The maximum atomic E-state index is 12.3. The number of carbonyl (C=O) groups excluding carboxylic acids is 1. The molecule has 3 aromatic rings. The highest BCUT2D eigenvalue weighted by Gasteiger charge is 2.18. The van der Waals surface area contributed by atoms with Crippen molar-refractivity contribution in [2.45, 2.75) is 6.42 Å². The molecule has 2 N–H and O–H groups in total. The van der Waals surface area contributed by atoms with Crippen molar-refractivity contribution in [3.63, 3.8) is 0 Å². The number of nitrogens with zero attached hydrogens (tertiary/aromatic N) is 3. The number of pyridine rings is 1. The molecule has 3 aromatic heterocycles. The molecule has 0 aromatic carbocycles. The van der Waals surface area contributed by atoms with Crippen LogP contribution in [0.4, 0.5) is 0 Å². The molecule has 0 aliphatic rings. The molecule has 0 radical (unpaired) electrons. The summed E-state index contributed by atoms with van der Waals surface area (Å²) in [5.74, 6) is -0.803. The van der Waals surface area contributed by atoms with Gasteiger partial charge in [-0.2, -0.15) is 5.10 Å². The summed E-state index contributed by atoms with van der Waals surface area (Å²) in [6.07, 6.45) is 6.06. The molecule has 8 heteroatoms. The van der Waals surface area contributed by atoms with Crippen LogP contribution in [0, 0.1) is 0 Å². The van der Waals surface area contributed by atoms with E-state index in [1.54, 1.807) is 18.5 Å². The number of aliphatic hydroxyl groups is 1. The fraction of sp³-hybridized carbons (Fsp3) is 0.0667. The average Bonchev–Trinajstić information content (AvgIpc) is 3.18. The molecule has 0 amide bonds. The Balaban J connectivity index is 1.88. The second-order valence-corrected chi connectivity index (χ2v) is 5.03. The van der Waals surface area contributed by atoms with Gasteiger partial charge in [0.15, 0.2) is 16.7 Å². The summed E-state index contributed by atoms with van der Waals surface area (Å²) in [4.78, 5) is 20.0. The molecule has 0 unspecified atom stereocenters. The smallest absolute Gasteiger partial charge is 0.225 e. The Labute approximate surface area is 135 Å². The number of nitrogens with one attached hydrogen (secondary N) is 1. The molecule has 0 aliphatic heterocycles. The van der Waals surface area contributed by atoms with Gasteiger partial charge in [-0.1, -0.05) is 0 Å². The van der Waals surface area contributed by atoms with E-state index in [-0.39, 0.29) is 22.6 Å². The van der Waals surface area contributed by atoms with Gasteiger partial charge in [-0.25, -0.2) is 4.98 Å². The summed E-state index contributed by atoms with van der Waals surface area (Å²) < 4.78 is 5.26. The van der Waals surface area contributed by atoms with Crippen LogP contribution in [0.15, 0.2) is 47.4 Å². The number of aromatic nitrogens is 4. The van der Waals surface area contributed by atoms with Gasteiger partial charge in [0, 0.05) is 36.5 Å². The molecular formula is C15H11ClN4O3. The number of furan rings is 1. The molecule has 23 heavy (non-hydrogen) atoms. The standard InChI is InChI=1S/C15H11ClN4O3/c16-13-6-10(5-9-1-3-17-4-2-9)14(23-13)11(21)7-12(22)15-18-8-19-20-15/h1-4,6-8,22H,5H2,(H,18,19,20). The van der Waals surface area contributed by atoms with Gasteiger partial charge < -0.3 is 9.52 Å². The van der Waals surface area contributed by atoms with E-state index in [9.17, 15) is 9.90 Å². The number of allylic oxidation sites excluding steroid dienone is 1. The minimum Gasteiger partial charge on any atom is -0.504 e. The van der Waals surface area contributed by atoms with Crippen LogP contribution in [0.5, 0.6) is 0 Å². The molecule has 3 rings (SSSR count). The molecule has 0 aliphatic carbocycles. The van der Waals surface area contributed by atoms with Gasteiger partial charge in [-0.05, 0) is 29.3 Å². The number of H-pyrrole nitrogens is 1. The number of rotatable bonds is 5. The summed E-state index contributed by atoms with van der Waals surface area (Å²) in [6.45, 7) is 0. The van der Waals surface area contributed by atoms with E-state index in [0.717, 1.165) is 11.6 Å². The number of carbonyl (C=O) groups is 1. The summed E-state index contributed by atoms with van der Waals surface area (Å²) in [7, 11) is 0. The van der Waals surface area contributed by atoms with Crippen LogP contribution >= 0.6 is 11.6 Å². The highest BCUT2D eigenvalue weighted by Crippen LogP contribution is 2.24. The van der Waals surface area contributed by atoms with Crippen molar-refractivity contribution in [3.8, 4) is 0 Å². The molecular weight excluding hydrogens is 320 g/mol. The predicted molar refractivity (Wildman–Crippen MR) is 82.1 cm³/mol. The SMILES string of the molecule is O=C(C=C(O)c1nc[nH]n1)c1oc(Cl)cc1Cc1ccncc1. The number of halogens is 1. The summed E-state index contributed by atoms with van der Waals surface area (Å²) in [5, 5.41) is 16.1. The second-order valence-electron chi connectivity index (χ2n) is 4.65. The Morgan fingerprint density at radius 3 is 2.87 bits per heavy atom. The fourth-order valence-electron chi connectivity index (χ4n) is 2.04. The molecule has 116 valence electrons. The normalized spacial score (nSPS) is 11.6. The third kappa shape index (κ3) is 3.46. The largest absolute Gasteiger partial charge is 0.504 e. The first-order valence-electron chi connectivity index (χ1n) is 6.61. The number of aromatic amines is 1. The molecule has 0 saturated heterocycles. The lowest BCUT2D eigenvalue weighted by Crippen LogP contribution is -2.00. The van der Waals surface area contributed by atoms with E-state index in [1.165, 1.54) is 6.33 Å². The van der Waals surface area contributed by atoms with E-state index in [2.05, 4.69) is 20.2 Å². The summed E-state index contributed by atoms with van der Waals surface area (Å²) in [6, 6.07) is 5.24. The van der Waals surface area contributed by atoms with Crippen molar-refractivity contribution in [1.82, 2.24) is 20.2 Å². The minimum atomic E-state index is -0.525. The fourth-order valence-corrected chi connectivity index (χ4v) is 2.25. The van der Waals surface area contributed by atoms with E-state index in [4.69, 9.17) is 16.0 Å². The predicted octanol–water partition coefficient (Wildman–Crippen LogP) is 2.82. The Bertz CT molecular complexity index is 841. The van der Waals surface area contributed by atoms with Gasteiger partial charge in [0.25, 0.3) is 0 Å². The molecule has 7 nitrogen and oxygen atoms in total. The molecule has 0 spiro atoms. The number of hydrogen-bond donors (Lipinski definition) is 2. The molecule has 0 saturated carbocycles. The lowest BCUT2D eigenvalue weighted by molar-refractivity contribution is 0.102. The van der Waals surface area contributed by atoms with Crippen molar-refractivity contribution in [1.29, 1.82) is 0 Å². The lowest BCUT2D eigenvalue weighted by atomic mass is 10.0. The third-order valence-electron chi connectivity index (χ3n) is 3.06. The minimum absolute atomic E-state index is 0.0201. The first-order chi connectivity index (χ1) is 11.1. The van der Waals surface area contributed by atoms with Crippen molar-refractivity contribution in [2.24, 2.45) is 0 Å². The summed E-state index contributed by atoms with van der Waals surface area (Å²) in [5.41, 5.74) is 1.57. The van der Waals surface area contributed by atoms with Crippen molar-refractivity contribution < 1.29 is 14.3 Å². The number of ketones is 1. The first kappa shape index (κ1) is 15.0. The zero-order chi connectivity index (χ0) is 16.2. The number of hydrogen-bond acceptors (Lipinski definition) is 6. The zero-order valence-corrected chi connectivity index (χ0v) is 12.5. The van der Waals surface area contributed by atoms with Crippen LogP contribution in [0.3, 0.4) is 0 Å². The van der Waals surface area contributed by atoms with Crippen LogP contribution in [0.1, 0.15) is 27.5 Å². The topological polar surface area (TPSA) is 105 Å². The van der Waals surface area contributed by atoms with E-state index >= 15 is 0 Å². The van der Waals surface area contributed by atoms with E-state index in [1.807, 2.05) is 12.1 Å². The van der Waals surface area contributed by atoms with Gasteiger partial charge in [-0.15, -0.1) is 0 Å². The van der Waals surface area contributed by atoms with Gasteiger partial charge >= 0.3 is 0 Å². The summed E-state index contributed by atoms with van der Waals surface area (Å²) >= 11 is 5.87. The van der Waals surface area contributed by atoms with Crippen LogP contribution in [-0.4, -0.2) is 31.1 Å².